The number of rotatable bonds is 23. The number of amides is 2. The third kappa shape index (κ3) is 12.6. The number of nitrogens with one attached hydrogen (secondary N) is 6. The maximum absolute atomic E-state index is 13.7. The summed E-state index contributed by atoms with van der Waals surface area (Å²) in [4.78, 5) is 70.6. The Morgan fingerprint density at radius 3 is 1.87 bits per heavy atom. The van der Waals surface area contributed by atoms with E-state index in [1.807, 2.05) is 13.0 Å². The summed E-state index contributed by atoms with van der Waals surface area (Å²) in [7, 11) is 0. The highest BCUT2D eigenvalue weighted by Gasteiger charge is 2.26. The van der Waals surface area contributed by atoms with E-state index in [4.69, 9.17) is 10.5 Å². The van der Waals surface area contributed by atoms with E-state index in [2.05, 4.69) is 95.4 Å². The van der Waals surface area contributed by atoms with Crippen LogP contribution in [0, 0.1) is 27.7 Å². The Morgan fingerprint density at radius 2 is 1.24 bits per heavy atom. The van der Waals surface area contributed by atoms with Crippen LogP contribution >= 0.6 is 0 Å². The number of imidazole rings is 1. The number of aromatic amines is 4. The summed E-state index contributed by atoms with van der Waals surface area (Å²) >= 11 is 0. The summed E-state index contributed by atoms with van der Waals surface area (Å²) in [5.74, 6) is -2.16. The number of aromatic nitrogens is 6. The second-order valence-corrected chi connectivity index (χ2v) is 18.4. The number of nitrogens with zero attached hydrogens (tertiary/aromatic N) is 2. The fraction of sp³-hybridized carbons (Fsp3) is 0.491. The highest BCUT2D eigenvalue weighted by molar-refractivity contribution is 5.87. The van der Waals surface area contributed by atoms with Crippen LogP contribution < -0.4 is 37.9 Å². The first-order valence-electron chi connectivity index (χ1n) is 24.6. The molecular weight excluding hydrogens is 859 g/mol. The van der Waals surface area contributed by atoms with Crippen LogP contribution in [-0.2, 0) is 56.0 Å². The van der Waals surface area contributed by atoms with Gasteiger partial charge < -0.3 is 40.8 Å². The van der Waals surface area contributed by atoms with Gasteiger partial charge in [-0.1, -0.05) is 65.7 Å². The van der Waals surface area contributed by atoms with Crippen molar-refractivity contribution in [3.05, 3.63) is 107 Å². The van der Waals surface area contributed by atoms with Gasteiger partial charge in [-0.3, -0.25) is 19.8 Å². The molecule has 9 N–H and O–H groups in total. The number of aliphatic carboxylic acids is 1. The molecule has 366 valence electrons. The van der Waals surface area contributed by atoms with E-state index >= 15 is 0 Å². The summed E-state index contributed by atoms with van der Waals surface area (Å²) in [6.07, 6.45) is 23.1. The van der Waals surface area contributed by atoms with Crippen LogP contribution in [0.15, 0.2) is 12.5 Å². The second-order valence-electron chi connectivity index (χ2n) is 18.4. The largest absolute Gasteiger partial charge is 0.481 e. The average Bonchev–Trinajstić information content (AvgIpc) is 4.08. The van der Waals surface area contributed by atoms with Gasteiger partial charge in [0.15, 0.2) is 0 Å². The minimum atomic E-state index is -1.000. The second kappa shape index (κ2) is 23.6. The molecule has 5 aromatic heterocycles. The number of carbonyl (C=O) groups excluding carboxylic acids is 3. The summed E-state index contributed by atoms with van der Waals surface area (Å²) in [6, 6.07) is -1.82. The van der Waals surface area contributed by atoms with Crippen LogP contribution in [0.4, 0.5) is 0 Å². The van der Waals surface area contributed by atoms with Crippen molar-refractivity contribution in [2.24, 2.45) is 5.73 Å². The molecule has 5 aromatic rings. The molecular formula is C53H73N9O6. The van der Waals surface area contributed by atoms with Gasteiger partial charge >= 0.3 is 11.9 Å². The number of hydrogen-bond acceptors (Lipinski definition) is 7. The van der Waals surface area contributed by atoms with Gasteiger partial charge in [0.25, 0.3) is 0 Å². The molecule has 0 aliphatic carbocycles. The number of esters is 1. The maximum Gasteiger partial charge on any atom is 0.329 e. The molecule has 0 unspecified atom stereocenters. The van der Waals surface area contributed by atoms with E-state index in [-0.39, 0.29) is 31.8 Å². The lowest BCUT2D eigenvalue weighted by Gasteiger charge is -2.18. The predicted molar refractivity (Wildman–Crippen MR) is 267 cm³/mol. The summed E-state index contributed by atoms with van der Waals surface area (Å²) in [5.41, 5.74) is 21.6. The third-order valence-corrected chi connectivity index (χ3v) is 13.4. The van der Waals surface area contributed by atoms with Crippen LogP contribution in [0.3, 0.4) is 0 Å². The molecule has 6 heterocycles. The summed E-state index contributed by atoms with van der Waals surface area (Å²) < 4.78 is 7.05. The topological polar surface area (TPSA) is 229 Å². The number of H-pyrrole nitrogens is 4. The standard InChI is InChI=1S/C53H73N9O6/c1-9-12-13-14-15-16-17-18-23-68-53(67)49(60-52(66)35(8)54)24-36-29-62(30-55-36)61-50(63)21-19-39-33(6)44-27-46-38(11-3)32(5)43(57-46)26-45-37(10-2)31(4)41(56-45)25-42-34(7)40(20-22-51(64)65)48(58-42)28-47(39)59-44/h25-30,35,49,56-59H,9-24,54H2,1-8H3,(H,60,66)(H,61,63)(H,64,65)/t35-,49-/m0/s1. The van der Waals surface area contributed by atoms with Gasteiger partial charge in [0.05, 0.1) is 18.3 Å². The number of fused-ring (bicyclic) bond motifs is 8. The van der Waals surface area contributed by atoms with E-state index in [1.165, 1.54) is 59.8 Å². The zero-order valence-electron chi connectivity index (χ0n) is 41.4. The smallest absolute Gasteiger partial charge is 0.329 e. The first-order chi connectivity index (χ1) is 32.6. The van der Waals surface area contributed by atoms with E-state index in [9.17, 15) is 24.3 Å². The quantitative estimate of drug-likeness (QED) is 0.0323. The molecule has 2 amide bonds. The SMILES string of the molecule is CCCCCCCCCCOC(=O)[C@H](Cc1cn(NC(=O)CCc2c3[nH]c(c2C)C=c2[nH]c(c(C)c2CC)=Cc2[nH]c(c(C)c2CC)C=c2[nH]c(c(CCC(=O)O)c2C)=C3)cn1)NC(=O)[C@H](C)N. The number of unbranched alkanes of at least 4 members (excludes halogenated alkanes) is 7. The molecule has 15 heteroatoms. The molecule has 0 radical (unpaired) electrons. The Bertz CT molecular complexity index is 2850. The summed E-state index contributed by atoms with van der Waals surface area (Å²) in [6.45, 7) is 16.7. The number of ether oxygens (including phenoxy) is 1. The Labute approximate surface area is 399 Å². The van der Waals surface area contributed by atoms with Crippen molar-refractivity contribution in [1.29, 1.82) is 0 Å². The molecule has 1 aliphatic rings. The molecule has 0 saturated carbocycles. The van der Waals surface area contributed by atoms with Crippen LogP contribution in [0.1, 0.15) is 165 Å². The first-order valence-corrected chi connectivity index (χ1v) is 24.6. The zero-order valence-corrected chi connectivity index (χ0v) is 41.4. The van der Waals surface area contributed by atoms with Crippen LogP contribution in [-0.4, -0.2) is 77.1 Å². The first kappa shape index (κ1) is 51.0. The summed E-state index contributed by atoms with van der Waals surface area (Å²) in [5, 5.41) is 16.2. The lowest BCUT2D eigenvalue weighted by Crippen LogP contribution is -2.49. The van der Waals surface area contributed by atoms with Crippen LogP contribution in [0.25, 0.3) is 24.3 Å². The molecule has 68 heavy (non-hydrogen) atoms. The van der Waals surface area contributed by atoms with Gasteiger partial charge in [-0.25, -0.2) is 14.5 Å². The van der Waals surface area contributed by atoms with Crippen molar-refractivity contribution < 1.29 is 29.0 Å². The van der Waals surface area contributed by atoms with E-state index in [0.717, 1.165) is 104 Å². The van der Waals surface area contributed by atoms with E-state index in [0.29, 0.717) is 18.5 Å². The van der Waals surface area contributed by atoms with Crippen molar-refractivity contribution in [3.63, 3.8) is 0 Å². The number of carboxylic acid groups (broad SMARTS) is 1. The zero-order chi connectivity index (χ0) is 49.1. The van der Waals surface area contributed by atoms with Gasteiger partial charge in [0.2, 0.25) is 11.8 Å². The molecule has 6 rings (SSSR count). The van der Waals surface area contributed by atoms with Crippen molar-refractivity contribution in [1.82, 2.24) is 34.9 Å². The Balaban J connectivity index is 1.26. The highest BCUT2D eigenvalue weighted by Crippen LogP contribution is 2.24. The van der Waals surface area contributed by atoms with E-state index in [1.54, 1.807) is 13.1 Å². The normalized spacial score (nSPS) is 12.9. The Hall–Kier alpha value is -6.35. The van der Waals surface area contributed by atoms with Gasteiger partial charge in [-0.15, -0.1) is 0 Å². The lowest BCUT2D eigenvalue weighted by atomic mass is 10.0. The number of hydrogen-bond donors (Lipinski definition) is 8. The van der Waals surface area contributed by atoms with Crippen molar-refractivity contribution in [3.8, 4) is 0 Å². The van der Waals surface area contributed by atoms with Crippen LogP contribution in [0.2, 0.25) is 0 Å². The Kier molecular flexibility index (Phi) is 17.7. The molecule has 2 atom stereocenters. The van der Waals surface area contributed by atoms with Gasteiger partial charge in [-0.05, 0) is 136 Å². The maximum atomic E-state index is 13.7. The molecule has 0 fully saturated rings. The molecule has 8 bridgehead atoms. The lowest BCUT2D eigenvalue weighted by molar-refractivity contribution is -0.148. The minimum Gasteiger partial charge on any atom is -0.481 e. The number of carbonyl (C=O) groups is 4. The fourth-order valence-corrected chi connectivity index (χ4v) is 9.33. The third-order valence-electron chi connectivity index (χ3n) is 13.4. The van der Waals surface area contributed by atoms with Gasteiger partial charge in [0.1, 0.15) is 12.4 Å². The van der Waals surface area contributed by atoms with E-state index < -0.39 is 29.9 Å². The highest BCUT2D eigenvalue weighted by atomic mass is 16.5. The fourth-order valence-electron chi connectivity index (χ4n) is 9.33. The average molecular weight is 932 g/mol. The Morgan fingerprint density at radius 1 is 0.691 bits per heavy atom. The molecule has 0 aromatic carbocycles. The van der Waals surface area contributed by atoms with Crippen molar-refractivity contribution in [2.45, 2.75) is 164 Å². The van der Waals surface area contributed by atoms with Crippen LogP contribution in [0.5, 0.6) is 0 Å². The predicted octanol–water partition coefficient (Wildman–Crippen LogP) is 4.96. The number of carboxylic acids is 1. The van der Waals surface area contributed by atoms with Gasteiger partial charge in [0, 0.05) is 69.6 Å². The monoisotopic (exact) mass is 932 g/mol. The van der Waals surface area contributed by atoms with Crippen molar-refractivity contribution in [2.75, 3.05) is 12.0 Å². The van der Waals surface area contributed by atoms with Gasteiger partial charge in [-0.2, -0.15) is 0 Å². The molecule has 0 saturated heterocycles. The molecule has 0 spiro atoms. The van der Waals surface area contributed by atoms with Crippen molar-refractivity contribution >= 4 is 48.1 Å². The molecule has 1 aliphatic heterocycles. The number of nitrogens with two attached hydrogens (primary N) is 1. The minimum absolute atomic E-state index is 0.0227. The molecule has 15 nitrogen and oxygen atoms in total.